The molecule has 1 aliphatic carbocycles. The van der Waals surface area contributed by atoms with E-state index < -0.39 is 0 Å². The smallest absolute Gasteiger partial charge is 0.330 e. The first-order chi connectivity index (χ1) is 6.74. The van der Waals surface area contributed by atoms with Crippen LogP contribution in [0.1, 0.15) is 46.0 Å². The Morgan fingerprint density at radius 2 is 2.00 bits per heavy atom. The zero-order valence-electron chi connectivity index (χ0n) is 9.21. The molecule has 1 saturated carbocycles. The fraction of sp³-hybridized carbons (Fsp3) is 0.750. The van der Waals surface area contributed by atoms with Crippen LogP contribution in [0, 0.1) is 5.92 Å². The number of carbonyl (C=O) groups excluding carboxylic acids is 1. The van der Waals surface area contributed by atoms with E-state index in [1.165, 1.54) is 37.7 Å². The highest BCUT2D eigenvalue weighted by Gasteiger charge is 2.15. The van der Waals surface area contributed by atoms with Crippen LogP contribution < -0.4 is 0 Å². The molecule has 0 aromatic rings. The molecule has 14 heavy (non-hydrogen) atoms. The summed E-state index contributed by atoms with van der Waals surface area (Å²) in [4.78, 5) is 11.2. The van der Waals surface area contributed by atoms with E-state index in [0.29, 0.717) is 12.5 Å². The van der Waals surface area contributed by atoms with Gasteiger partial charge in [-0.15, -0.1) is 0 Å². The molecular formula is C12H20O2. The molecule has 1 aliphatic rings. The summed E-state index contributed by atoms with van der Waals surface area (Å²) in [5.74, 6) is 0.434. The van der Waals surface area contributed by atoms with Crippen molar-refractivity contribution in [3.63, 3.8) is 0 Å². The van der Waals surface area contributed by atoms with Gasteiger partial charge in [-0.25, -0.2) is 4.79 Å². The van der Waals surface area contributed by atoms with Gasteiger partial charge in [0.05, 0.1) is 6.61 Å². The molecule has 0 N–H and O–H groups in total. The van der Waals surface area contributed by atoms with Gasteiger partial charge in [-0.05, 0) is 32.6 Å². The molecule has 0 radical (unpaired) electrons. The molecule has 0 aliphatic heterocycles. The summed E-state index contributed by atoms with van der Waals surface area (Å²) in [6.07, 6.45) is 8.10. The number of rotatable bonds is 3. The van der Waals surface area contributed by atoms with Crippen LogP contribution in [0.15, 0.2) is 11.6 Å². The van der Waals surface area contributed by atoms with Crippen molar-refractivity contribution in [1.82, 2.24) is 0 Å². The minimum atomic E-state index is -0.185. The average molecular weight is 196 g/mol. The van der Waals surface area contributed by atoms with Gasteiger partial charge in [-0.3, -0.25) is 0 Å². The first-order valence-corrected chi connectivity index (χ1v) is 5.59. The molecule has 2 heteroatoms. The lowest BCUT2D eigenvalue weighted by Gasteiger charge is -2.22. The van der Waals surface area contributed by atoms with Crippen LogP contribution in [0.5, 0.6) is 0 Å². The lowest BCUT2D eigenvalue weighted by atomic mass is 9.84. The van der Waals surface area contributed by atoms with Crippen molar-refractivity contribution < 1.29 is 9.53 Å². The minimum absolute atomic E-state index is 0.185. The second kappa shape index (κ2) is 5.84. The van der Waals surface area contributed by atoms with Crippen molar-refractivity contribution in [1.29, 1.82) is 0 Å². The van der Waals surface area contributed by atoms with E-state index in [9.17, 15) is 4.79 Å². The molecule has 0 spiro atoms. The predicted molar refractivity (Wildman–Crippen MR) is 57.0 cm³/mol. The molecule has 0 aromatic heterocycles. The molecule has 80 valence electrons. The largest absolute Gasteiger partial charge is 0.463 e. The lowest BCUT2D eigenvalue weighted by Crippen LogP contribution is -2.09. The third kappa shape index (κ3) is 3.52. The van der Waals surface area contributed by atoms with Crippen molar-refractivity contribution in [2.75, 3.05) is 6.61 Å². The van der Waals surface area contributed by atoms with Gasteiger partial charge in [0.2, 0.25) is 0 Å². The van der Waals surface area contributed by atoms with Gasteiger partial charge in [0.25, 0.3) is 0 Å². The van der Waals surface area contributed by atoms with E-state index >= 15 is 0 Å². The maximum Gasteiger partial charge on any atom is 0.330 e. The van der Waals surface area contributed by atoms with E-state index in [0.717, 1.165) is 0 Å². The van der Waals surface area contributed by atoms with E-state index in [4.69, 9.17) is 4.74 Å². The summed E-state index contributed by atoms with van der Waals surface area (Å²) >= 11 is 0. The first kappa shape index (κ1) is 11.3. The topological polar surface area (TPSA) is 26.3 Å². The number of carbonyl (C=O) groups is 1. The van der Waals surface area contributed by atoms with Gasteiger partial charge in [0, 0.05) is 6.08 Å². The van der Waals surface area contributed by atoms with E-state index in [1.54, 1.807) is 6.08 Å². The van der Waals surface area contributed by atoms with Crippen LogP contribution in [0.3, 0.4) is 0 Å². The highest BCUT2D eigenvalue weighted by Crippen LogP contribution is 2.29. The van der Waals surface area contributed by atoms with Crippen LogP contribution in [-0.4, -0.2) is 12.6 Å². The fourth-order valence-corrected chi connectivity index (χ4v) is 2.05. The van der Waals surface area contributed by atoms with Crippen LogP contribution in [0.4, 0.5) is 0 Å². The molecule has 1 fully saturated rings. The summed E-state index contributed by atoms with van der Waals surface area (Å²) in [6.45, 7) is 4.35. The zero-order valence-corrected chi connectivity index (χ0v) is 9.21. The fourth-order valence-electron chi connectivity index (χ4n) is 2.05. The molecular weight excluding hydrogens is 176 g/mol. The molecule has 2 nitrogen and oxygen atoms in total. The number of hydrogen-bond acceptors (Lipinski definition) is 2. The minimum Gasteiger partial charge on any atom is -0.463 e. The Morgan fingerprint density at radius 1 is 1.36 bits per heavy atom. The first-order valence-electron chi connectivity index (χ1n) is 5.59. The van der Waals surface area contributed by atoms with Gasteiger partial charge < -0.3 is 4.74 Å². The second-order valence-electron chi connectivity index (χ2n) is 3.98. The van der Waals surface area contributed by atoms with Crippen LogP contribution in [-0.2, 0) is 9.53 Å². The van der Waals surface area contributed by atoms with Gasteiger partial charge in [0.15, 0.2) is 0 Å². The predicted octanol–water partition coefficient (Wildman–Crippen LogP) is 3.08. The molecule has 0 bridgehead atoms. The van der Waals surface area contributed by atoms with Gasteiger partial charge in [-0.1, -0.05) is 24.8 Å². The highest BCUT2D eigenvalue weighted by molar-refractivity contribution is 5.82. The molecule has 1 rings (SSSR count). The quantitative estimate of drug-likeness (QED) is 0.512. The summed E-state index contributed by atoms with van der Waals surface area (Å²) in [5.41, 5.74) is 1.20. The maximum atomic E-state index is 11.2. The van der Waals surface area contributed by atoms with Crippen molar-refractivity contribution in [2.45, 2.75) is 46.0 Å². The van der Waals surface area contributed by atoms with E-state index in [-0.39, 0.29) is 5.97 Å². The Balaban J connectivity index is 2.44. The molecule has 0 saturated heterocycles. The number of esters is 1. The Morgan fingerprint density at radius 3 is 2.57 bits per heavy atom. The zero-order chi connectivity index (χ0) is 10.4. The van der Waals surface area contributed by atoms with Gasteiger partial charge in [-0.2, -0.15) is 0 Å². The van der Waals surface area contributed by atoms with Gasteiger partial charge in [0.1, 0.15) is 0 Å². The number of allylic oxidation sites excluding steroid dienone is 1. The molecule has 0 heterocycles. The van der Waals surface area contributed by atoms with E-state index in [1.807, 2.05) is 13.8 Å². The third-order valence-corrected chi connectivity index (χ3v) is 2.88. The summed E-state index contributed by atoms with van der Waals surface area (Å²) in [5, 5.41) is 0. The van der Waals surface area contributed by atoms with Crippen LogP contribution >= 0.6 is 0 Å². The van der Waals surface area contributed by atoms with Crippen LogP contribution in [0.2, 0.25) is 0 Å². The lowest BCUT2D eigenvalue weighted by molar-refractivity contribution is -0.137. The Labute approximate surface area is 86.3 Å². The van der Waals surface area contributed by atoms with Crippen molar-refractivity contribution in [3.05, 3.63) is 11.6 Å². The Kier molecular flexibility index (Phi) is 4.71. The third-order valence-electron chi connectivity index (χ3n) is 2.88. The average Bonchev–Trinajstić information content (AvgIpc) is 2.19. The molecule has 0 amide bonds. The summed E-state index contributed by atoms with van der Waals surface area (Å²) < 4.78 is 4.89. The number of hydrogen-bond donors (Lipinski definition) is 0. The Hall–Kier alpha value is -0.790. The Bertz CT molecular complexity index is 212. The molecule has 0 atom stereocenters. The highest BCUT2D eigenvalue weighted by atomic mass is 16.5. The monoisotopic (exact) mass is 196 g/mol. The second-order valence-corrected chi connectivity index (χ2v) is 3.98. The molecule has 0 aromatic carbocycles. The van der Waals surface area contributed by atoms with Crippen molar-refractivity contribution in [2.24, 2.45) is 5.92 Å². The van der Waals surface area contributed by atoms with Crippen LogP contribution in [0.25, 0.3) is 0 Å². The summed E-state index contributed by atoms with van der Waals surface area (Å²) in [6, 6.07) is 0. The molecule has 0 unspecified atom stereocenters. The van der Waals surface area contributed by atoms with Crippen molar-refractivity contribution in [3.8, 4) is 0 Å². The SMILES string of the molecule is CCOC(=O)/C=C(\C)C1CCCCC1. The normalized spacial score (nSPS) is 19.4. The van der Waals surface area contributed by atoms with Gasteiger partial charge >= 0.3 is 5.97 Å². The maximum absolute atomic E-state index is 11.2. The van der Waals surface area contributed by atoms with E-state index in [2.05, 4.69) is 0 Å². The standard InChI is InChI=1S/C12H20O2/c1-3-14-12(13)9-10(2)11-7-5-4-6-8-11/h9,11H,3-8H2,1-2H3/b10-9+. The number of ether oxygens (including phenoxy) is 1. The van der Waals surface area contributed by atoms with Crippen molar-refractivity contribution >= 4 is 5.97 Å². The summed E-state index contributed by atoms with van der Waals surface area (Å²) in [7, 11) is 0.